The van der Waals surface area contributed by atoms with Gasteiger partial charge in [-0.15, -0.1) is 0 Å². The van der Waals surface area contributed by atoms with Crippen molar-refractivity contribution < 1.29 is 0 Å². The number of aromatic nitrogens is 2. The minimum atomic E-state index is 1.09. The number of nitrogens with zero attached hydrogens (tertiary/aromatic N) is 4. The van der Waals surface area contributed by atoms with Crippen LogP contribution >= 0.6 is 0 Å². The zero-order valence-electron chi connectivity index (χ0n) is 24.1. The number of hydrogen-bond donors (Lipinski definition) is 0. The third-order valence-electron chi connectivity index (χ3n) is 8.15. The lowest BCUT2D eigenvalue weighted by Crippen LogP contribution is -2.23. The number of hydrogen-bond acceptors (Lipinski definition) is 2. The summed E-state index contributed by atoms with van der Waals surface area (Å²) in [6.07, 6.45) is 4.27. The predicted molar refractivity (Wildman–Crippen MR) is 184 cm³/mol. The molecule has 0 bridgehead atoms. The molecular weight excluding hydrogens is 536 g/mol. The van der Waals surface area contributed by atoms with Gasteiger partial charge < -0.3 is 0 Å². The summed E-state index contributed by atoms with van der Waals surface area (Å²) in [5.41, 5.74) is 9.05. The molecule has 210 valence electrons. The molecule has 2 aromatic heterocycles. The maximum absolute atomic E-state index is 2.26. The highest BCUT2D eigenvalue weighted by Crippen LogP contribution is 2.34. The molecular formula is C40H30N4. The fourth-order valence-electron chi connectivity index (χ4n) is 6.01. The Morgan fingerprint density at radius 3 is 1.05 bits per heavy atom. The van der Waals surface area contributed by atoms with E-state index >= 15 is 0 Å². The highest BCUT2D eigenvalue weighted by molar-refractivity contribution is 5.84. The largest absolute Gasteiger partial charge is 0.256 e. The maximum atomic E-state index is 2.26. The zero-order chi connectivity index (χ0) is 29.3. The van der Waals surface area contributed by atoms with Gasteiger partial charge in [0.1, 0.15) is 0 Å². The topological polar surface area (TPSA) is 16.3 Å². The highest BCUT2D eigenvalue weighted by Gasteiger charge is 2.16. The lowest BCUT2D eigenvalue weighted by Gasteiger charge is -2.28. The molecule has 44 heavy (non-hydrogen) atoms. The Morgan fingerprint density at radius 2 is 0.636 bits per heavy atom. The Hall–Kier alpha value is -6.00. The van der Waals surface area contributed by atoms with Gasteiger partial charge >= 0.3 is 0 Å². The van der Waals surface area contributed by atoms with Crippen LogP contribution in [-0.2, 0) is 0 Å². The first kappa shape index (κ1) is 25.7. The third kappa shape index (κ3) is 4.59. The predicted octanol–water partition coefficient (Wildman–Crippen LogP) is 10.5. The van der Waals surface area contributed by atoms with Crippen LogP contribution in [0.15, 0.2) is 182 Å². The molecule has 0 unspecified atom stereocenters. The van der Waals surface area contributed by atoms with Gasteiger partial charge in [0.15, 0.2) is 0 Å². The van der Waals surface area contributed by atoms with Crippen molar-refractivity contribution in [2.45, 2.75) is 0 Å². The second-order valence-corrected chi connectivity index (χ2v) is 10.8. The Labute approximate surface area is 256 Å². The molecule has 0 saturated carbocycles. The number of fused-ring (bicyclic) bond motifs is 2. The molecule has 0 aliphatic carbocycles. The van der Waals surface area contributed by atoms with E-state index in [4.69, 9.17) is 0 Å². The van der Waals surface area contributed by atoms with E-state index in [0.717, 1.165) is 33.8 Å². The molecule has 8 rings (SSSR count). The third-order valence-corrected chi connectivity index (χ3v) is 8.15. The summed E-state index contributed by atoms with van der Waals surface area (Å²) in [7, 11) is 0. The van der Waals surface area contributed by atoms with E-state index < -0.39 is 0 Å². The van der Waals surface area contributed by atoms with Gasteiger partial charge in [0.05, 0.1) is 33.8 Å². The second kappa shape index (κ2) is 11.0. The Morgan fingerprint density at radius 1 is 0.295 bits per heavy atom. The Kier molecular flexibility index (Phi) is 6.43. The lowest BCUT2D eigenvalue weighted by atomic mass is 10.0. The van der Waals surface area contributed by atoms with Crippen molar-refractivity contribution in [3.63, 3.8) is 0 Å². The van der Waals surface area contributed by atoms with Gasteiger partial charge in [-0.3, -0.25) is 9.35 Å². The van der Waals surface area contributed by atoms with Crippen LogP contribution in [0.4, 0.5) is 22.7 Å². The fraction of sp³-hybridized carbons (Fsp3) is 0. The Bertz CT molecular complexity index is 2000. The number of para-hydroxylation sites is 4. The average Bonchev–Trinajstić information content (AvgIpc) is 3.72. The van der Waals surface area contributed by atoms with E-state index in [1.807, 2.05) is 0 Å². The van der Waals surface area contributed by atoms with Gasteiger partial charge in [-0.05, 0) is 83.9 Å². The van der Waals surface area contributed by atoms with Gasteiger partial charge in [0, 0.05) is 23.2 Å². The highest BCUT2D eigenvalue weighted by atomic mass is 15.6. The van der Waals surface area contributed by atoms with Gasteiger partial charge in [-0.2, -0.15) is 0 Å². The van der Waals surface area contributed by atoms with Crippen molar-refractivity contribution in [2.24, 2.45) is 0 Å². The summed E-state index contributed by atoms with van der Waals surface area (Å²) in [6, 6.07) is 60.0. The minimum Gasteiger partial charge on any atom is -0.256 e. The summed E-state index contributed by atoms with van der Waals surface area (Å²) < 4.78 is 4.44. The fourth-order valence-corrected chi connectivity index (χ4v) is 6.01. The van der Waals surface area contributed by atoms with Crippen LogP contribution in [0.2, 0.25) is 0 Å². The van der Waals surface area contributed by atoms with E-state index in [-0.39, 0.29) is 0 Å². The molecule has 0 fully saturated rings. The van der Waals surface area contributed by atoms with Crippen LogP contribution in [0, 0.1) is 0 Å². The molecule has 8 aromatic rings. The number of anilines is 4. The van der Waals surface area contributed by atoms with Crippen LogP contribution in [0.25, 0.3) is 32.9 Å². The van der Waals surface area contributed by atoms with Crippen LogP contribution in [-0.4, -0.2) is 9.35 Å². The summed E-state index contributed by atoms with van der Waals surface area (Å²) in [6.45, 7) is 0. The first-order valence-electron chi connectivity index (χ1n) is 14.9. The number of rotatable bonds is 7. The molecule has 0 amide bonds. The van der Waals surface area contributed by atoms with Crippen LogP contribution < -0.4 is 10.0 Å². The molecule has 2 heterocycles. The lowest BCUT2D eigenvalue weighted by molar-refractivity contribution is 0.854. The molecule has 0 saturated heterocycles. The van der Waals surface area contributed by atoms with E-state index in [1.165, 1.54) is 21.9 Å². The van der Waals surface area contributed by atoms with Crippen molar-refractivity contribution >= 4 is 44.6 Å². The van der Waals surface area contributed by atoms with E-state index in [9.17, 15) is 0 Å². The maximum Gasteiger partial charge on any atom is 0.0702 e. The van der Waals surface area contributed by atoms with Crippen LogP contribution in [0.5, 0.6) is 0 Å². The molecule has 6 aromatic carbocycles. The van der Waals surface area contributed by atoms with E-state index in [2.05, 4.69) is 202 Å². The molecule has 0 radical (unpaired) electrons. The van der Waals surface area contributed by atoms with Gasteiger partial charge in [0.2, 0.25) is 0 Å². The van der Waals surface area contributed by atoms with Gasteiger partial charge in [-0.1, -0.05) is 97.1 Å². The quantitative estimate of drug-likeness (QED) is 0.191. The first-order valence-corrected chi connectivity index (χ1v) is 14.9. The van der Waals surface area contributed by atoms with Crippen molar-refractivity contribution in [3.05, 3.63) is 182 Å². The summed E-state index contributed by atoms with van der Waals surface area (Å²) >= 11 is 0. The van der Waals surface area contributed by atoms with Crippen molar-refractivity contribution in [2.75, 3.05) is 10.0 Å². The summed E-state index contributed by atoms with van der Waals surface area (Å²) in [4.78, 5) is 0. The Balaban J connectivity index is 1.14. The van der Waals surface area contributed by atoms with E-state index in [1.54, 1.807) is 0 Å². The smallest absolute Gasteiger partial charge is 0.0702 e. The van der Waals surface area contributed by atoms with Crippen molar-refractivity contribution in [1.29, 1.82) is 0 Å². The zero-order valence-corrected chi connectivity index (χ0v) is 24.1. The van der Waals surface area contributed by atoms with Gasteiger partial charge in [-0.25, -0.2) is 10.0 Å². The van der Waals surface area contributed by atoms with Crippen LogP contribution in [0.1, 0.15) is 0 Å². The molecule has 0 aliphatic rings. The second-order valence-electron chi connectivity index (χ2n) is 10.8. The molecule has 0 aliphatic heterocycles. The SMILES string of the molecule is c1ccc(N(c2ccc(-c3ccc(N(c4ccccc4)n4ccc5ccccc54)cc3)cc2)n2ccc3ccccc32)cc1. The molecule has 0 spiro atoms. The van der Waals surface area contributed by atoms with Crippen LogP contribution in [0.3, 0.4) is 0 Å². The first-order chi connectivity index (χ1) is 21.8. The minimum absolute atomic E-state index is 1.09. The summed E-state index contributed by atoms with van der Waals surface area (Å²) in [5.74, 6) is 0. The van der Waals surface area contributed by atoms with Crippen molar-refractivity contribution in [1.82, 2.24) is 9.35 Å². The molecule has 0 atom stereocenters. The van der Waals surface area contributed by atoms with E-state index in [0.29, 0.717) is 0 Å². The molecule has 0 N–H and O–H groups in total. The van der Waals surface area contributed by atoms with Gasteiger partial charge in [0.25, 0.3) is 0 Å². The molecule has 4 heteroatoms. The normalized spacial score (nSPS) is 11.2. The monoisotopic (exact) mass is 566 g/mol. The standard InChI is InChI=1S/C40H30N4/c1-3-13-35(14-4-1)43(41-29-27-33-11-7-9-17-39(33)41)37-23-19-31(20-24-37)32-21-25-38(26-22-32)44(36-15-5-2-6-16-36)42-30-28-34-12-8-10-18-40(34)42/h1-30H. The number of benzene rings is 6. The molecule has 4 nitrogen and oxygen atoms in total. The van der Waals surface area contributed by atoms with Crippen molar-refractivity contribution in [3.8, 4) is 11.1 Å². The average molecular weight is 567 g/mol. The summed E-state index contributed by atoms with van der Waals surface area (Å²) in [5, 5.41) is 6.94.